The highest BCUT2D eigenvalue weighted by atomic mass is 19.1. The number of hydrogen-bond acceptors (Lipinski definition) is 6. The summed E-state index contributed by atoms with van der Waals surface area (Å²) in [5.74, 6) is -2.28. The van der Waals surface area contributed by atoms with Crippen molar-refractivity contribution in [3.8, 4) is 28.5 Å². The Morgan fingerprint density at radius 1 is 1.19 bits per heavy atom. The Morgan fingerprint density at radius 2 is 1.86 bits per heavy atom. The van der Waals surface area contributed by atoms with E-state index in [2.05, 4.69) is 9.68 Å². The van der Waals surface area contributed by atoms with Crippen molar-refractivity contribution in [3.05, 3.63) is 23.7 Å². The van der Waals surface area contributed by atoms with E-state index < -0.39 is 17.5 Å². The van der Waals surface area contributed by atoms with Crippen LogP contribution in [0, 0.1) is 5.82 Å². The third-order valence-corrected chi connectivity index (χ3v) is 2.76. The maximum atomic E-state index is 14.0. The van der Waals surface area contributed by atoms with Crippen molar-refractivity contribution in [1.82, 2.24) is 5.16 Å². The lowest BCUT2D eigenvalue weighted by Gasteiger charge is -2.15. The third-order valence-electron chi connectivity index (χ3n) is 2.76. The van der Waals surface area contributed by atoms with Gasteiger partial charge in [0.15, 0.2) is 23.1 Å². The zero-order valence-corrected chi connectivity index (χ0v) is 11.5. The van der Waals surface area contributed by atoms with E-state index in [0.29, 0.717) is 0 Å². The van der Waals surface area contributed by atoms with Crippen LogP contribution in [0.25, 0.3) is 11.3 Å². The topological polar surface area (TPSA) is 91.0 Å². The molecule has 0 amide bonds. The van der Waals surface area contributed by atoms with Crippen LogP contribution in [0.3, 0.4) is 0 Å². The van der Waals surface area contributed by atoms with Gasteiger partial charge in [0.25, 0.3) is 0 Å². The highest BCUT2D eigenvalue weighted by Gasteiger charge is 2.25. The molecule has 0 saturated heterocycles. The van der Waals surface area contributed by atoms with Crippen molar-refractivity contribution < 1.29 is 33.0 Å². The fourth-order valence-corrected chi connectivity index (χ4v) is 1.87. The van der Waals surface area contributed by atoms with E-state index in [1.807, 2.05) is 0 Å². The van der Waals surface area contributed by atoms with Gasteiger partial charge in [0.05, 0.1) is 26.9 Å². The smallest absolute Gasteiger partial charge is 0.374 e. The molecule has 0 aliphatic heterocycles. The Hall–Kier alpha value is -2.77. The average molecular weight is 297 g/mol. The van der Waals surface area contributed by atoms with Gasteiger partial charge in [-0.25, -0.2) is 9.18 Å². The van der Waals surface area contributed by atoms with Gasteiger partial charge in [-0.15, -0.1) is 0 Å². The van der Waals surface area contributed by atoms with Gasteiger partial charge >= 0.3 is 5.97 Å². The Labute approximate surface area is 118 Å². The van der Waals surface area contributed by atoms with Crippen molar-refractivity contribution in [1.29, 1.82) is 0 Å². The van der Waals surface area contributed by atoms with Crippen molar-refractivity contribution in [2.45, 2.75) is 0 Å². The predicted molar refractivity (Wildman–Crippen MR) is 68.5 cm³/mol. The molecule has 0 aliphatic rings. The maximum Gasteiger partial charge on any atom is 0.374 e. The van der Waals surface area contributed by atoms with Gasteiger partial charge in [-0.3, -0.25) is 0 Å². The van der Waals surface area contributed by atoms with Crippen LogP contribution in [0.2, 0.25) is 0 Å². The van der Waals surface area contributed by atoms with Gasteiger partial charge in [-0.1, -0.05) is 5.16 Å². The quantitative estimate of drug-likeness (QED) is 0.904. The minimum absolute atomic E-state index is 0.0545. The molecule has 0 aliphatic carbocycles. The molecule has 2 aromatic rings. The molecule has 112 valence electrons. The monoisotopic (exact) mass is 297 g/mol. The molecule has 0 fully saturated rings. The summed E-state index contributed by atoms with van der Waals surface area (Å²) >= 11 is 0. The van der Waals surface area contributed by atoms with Crippen LogP contribution in [0.4, 0.5) is 4.39 Å². The number of ether oxygens (including phenoxy) is 3. The van der Waals surface area contributed by atoms with Crippen molar-refractivity contribution in [2.24, 2.45) is 0 Å². The summed E-state index contributed by atoms with van der Waals surface area (Å²) in [5, 5.41) is 12.5. The van der Waals surface area contributed by atoms with Crippen LogP contribution in [0.5, 0.6) is 17.2 Å². The van der Waals surface area contributed by atoms with Crippen LogP contribution in [0.15, 0.2) is 16.7 Å². The number of hydrogen-bond donors (Lipinski definition) is 1. The molecule has 1 N–H and O–H groups in total. The molecular weight excluding hydrogens is 285 g/mol. The molecule has 0 saturated carbocycles. The molecule has 0 radical (unpaired) electrons. The summed E-state index contributed by atoms with van der Waals surface area (Å²) in [7, 11) is 3.97. The predicted octanol–water partition coefficient (Wildman–Crippen LogP) is 2.20. The van der Waals surface area contributed by atoms with E-state index in [9.17, 15) is 9.18 Å². The van der Waals surface area contributed by atoms with Crippen LogP contribution in [-0.4, -0.2) is 37.6 Å². The molecule has 7 nitrogen and oxygen atoms in total. The van der Waals surface area contributed by atoms with Crippen LogP contribution in [0.1, 0.15) is 10.6 Å². The van der Waals surface area contributed by atoms with E-state index in [1.54, 1.807) is 0 Å². The highest BCUT2D eigenvalue weighted by molar-refractivity contribution is 5.87. The highest BCUT2D eigenvalue weighted by Crippen LogP contribution is 2.45. The second-order valence-corrected chi connectivity index (χ2v) is 3.88. The second kappa shape index (κ2) is 5.70. The number of carboxylic acid groups (broad SMARTS) is 1. The SMILES string of the molecule is COc1cc(F)c(OC)c(-c2cc(C(=O)O)on2)c1OC. The fourth-order valence-electron chi connectivity index (χ4n) is 1.87. The van der Waals surface area contributed by atoms with Crippen molar-refractivity contribution >= 4 is 5.97 Å². The number of aromatic carboxylic acids is 1. The third kappa shape index (κ3) is 2.47. The van der Waals surface area contributed by atoms with E-state index in [-0.39, 0.29) is 28.5 Å². The van der Waals surface area contributed by atoms with Gasteiger partial charge in [0.2, 0.25) is 5.76 Å². The number of carbonyl (C=O) groups is 1. The van der Waals surface area contributed by atoms with Crippen molar-refractivity contribution in [2.75, 3.05) is 21.3 Å². The zero-order chi connectivity index (χ0) is 15.6. The van der Waals surface area contributed by atoms with Crippen molar-refractivity contribution in [3.63, 3.8) is 0 Å². The van der Waals surface area contributed by atoms with E-state index in [1.165, 1.54) is 21.3 Å². The first-order chi connectivity index (χ1) is 10.0. The molecule has 2 rings (SSSR count). The van der Waals surface area contributed by atoms with Gasteiger partial charge in [-0.05, 0) is 0 Å². The molecule has 1 aromatic carbocycles. The average Bonchev–Trinajstić information content (AvgIpc) is 2.95. The standard InChI is InChI=1S/C13H12FNO6/c1-18-8-4-6(14)11(19-2)10(12(8)20-3)7-5-9(13(16)17)21-15-7/h4-5H,1-3H3,(H,16,17). The minimum Gasteiger partial charge on any atom is -0.493 e. The molecule has 0 unspecified atom stereocenters. The number of nitrogens with zero attached hydrogens (tertiary/aromatic N) is 1. The molecule has 21 heavy (non-hydrogen) atoms. The lowest BCUT2D eigenvalue weighted by Crippen LogP contribution is -1.99. The zero-order valence-electron chi connectivity index (χ0n) is 11.5. The lowest BCUT2D eigenvalue weighted by atomic mass is 10.1. The van der Waals surface area contributed by atoms with Crippen LogP contribution >= 0.6 is 0 Å². The molecule has 0 atom stereocenters. The Morgan fingerprint density at radius 3 is 2.33 bits per heavy atom. The summed E-state index contributed by atoms with van der Waals surface area (Å²) in [5.41, 5.74) is 0.159. The summed E-state index contributed by atoms with van der Waals surface area (Å²) < 4.78 is 33.9. The number of benzene rings is 1. The van der Waals surface area contributed by atoms with E-state index >= 15 is 0 Å². The first-order valence-corrected chi connectivity index (χ1v) is 5.72. The van der Waals surface area contributed by atoms with E-state index in [4.69, 9.17) is 19.3 Å². The second-order valence-electron chi connectivity index (χ2n) is 3.88. The summed E-state index contributed by atoms with van der Waals surface area (Å²) in [6.45, 7) is 0. The van der Waals surface area contributed by atoms with Gasteiger partial charge in [-0.2, -0.15) is 0 Å². The van der Waals surface area contributed by atoms with Crippen LogP contribution in [-0.2, 0) is 0 Å². The molecule has 0 bridgehead atoms. The normalized spacial score (nSPS) is 10.3. The Bertz CT molecular complexity index is 682. The molecule has 1 aromatic heterocycles. The first-order valence-electron chi connectivity index (χ1n) is 5.72. The first kappa shape index (κ1) is 14.6. The van der Waals surface area contributed by atoms with Gasteiger partial charge < -0.3 is 23.8 Å². The van der Waals surface area contributed by atoms with Gasteiger partial charge in [0, 0.05) is 12.1 Å². The summed E-state index contributed by atoms with van der Waals surface area (Å²) in [6.07, 6.45) is 0. The largest absolute Gasteiger partial charge is 0.493 e. The molecule has 0 spiro atoms. The Balaban J connectivity index is 2.74. The van der Waals surface area contributed by atoms with E-state index in [0.717, 1.165) is 12.1 Å². The molecule has 8 heteroatoms. The number of methoxy groups -OCH3 is 3. The molecule has 1 heterocycles. The minimum atomic E-state index is -1.30. The number of halogens is 1. The summed E-state index contributed by atoms with van der Waals surface area (Å²) in [6, 6.07) is 2.24. The summed E-state index contributed by atoms with van der Waals surface area (Å²) in [4.78, 5) is 10.8. The van der Waals surface area contributed by atoms with Gasteiger partial charge in [0.1, 0.15) is 5.69 Å². The fraction of sp³-hybridized carbons (Fsp3) is 0.231. The maximum absolute atomic E-state index is 14.0. The lowest BCUT2D eigenvalue weighted by molar-refractivity contribution is 0.0652. The number of rotatable bonds is 5. The number of carboxylic acids is 1. The molecular formula is C13H12FNO6. The Kier molecular flexibility index (Phi) is 3.97. The van der Waals surface area contributed by atoms with Crippen LogP contribution < -0.4 is 14.2 Å². The number of aromatic nitrogens is 1.